The maximum atomic E-state index is 12.2. The number of carbonyl (C=O) groups is 1. The molecule has 0 aliphatic heterocycles. The number of esters is 1. The number of anilines is 2. The van der Waals surface area contributed by atoms with Gasteiger partial charge >= 0.3 is 5.97 Å². The molecule has 30 heavy (non-hydrogen) atoms. The first-order chi connectivity index (χ1) is 14.6. The molecule has 0 spiro atoms. The predicted molar refractivity (Wildman–Crippen MR) is 117 cm³/mol. The SMILES string of the molecule is O=C(COc1ccc(Cl)cc1Cl)Oc1cccc(Nc2ncnc3ccccc23)c1. The van der Waals surface area contributed by atoms with Crippen LogP contribution >= 0.6 is 23.2 Å². The van der Waals surface area contributed by atoms with Gasteiger partial charge in [0.1, 0.15) is 23.6 Å². The number of hydrogen-bond donors (Lipinski definition) is 1. The van der Waals surface area contributed by atoms with E-state index >= 15 is 0 Å². The standard InChI is InChI=1S/C22H15Cl2N3O3/c23-14-8-9-20(18(24)10-14)29-12-21(28)30-16-5-3-4-15(11-16)27-22-17-6-1-2-7-19(17)25-13-26-22/h1-11,13H,12H2,(H,25,26,27). The predicted octanol–water partition coefficient (Wildman–Crippen LogP) is 5.66. The molecule has 1 heterocycles. The molecule has 3 aromatic carbocycles. The third-order valence-corrected chi connectivity index (χ3v) is 4.64. The van der Waals surface area contributed by atoms with Crippen molar-refractivity contribution in [3.63, 3.8) is 0 Å². The number of rotatable bonds is 6. The van der Waals surface area contributed by atoms with Gasteiger partial charge in [-0.05, 0) is 42.5 Å². The zero-order chi connectivity index (χ0) is 20.9. The second-order valence-electron chi connectivity index (χ2n) is 6.23. The molecule has 4 aromatic rings. The summed E-state index contributed by atoms with van der Waals surface area (Å²) in [6.45, 7) is -0.296. The molecule has 0 amide bonds. The molecule has 0 bridgehead atoms. The number of ether oxygens (including phenoxy) is 2. The number of aromatic nitrogens is 2. The molecule has 8 heteroatoms. The molecule has 0 fully saturated rings. The average Bonchev–Trinajstić information content (AvgIpc) is 2.74. The van der Waals surface area contributed by atoms with Crippen LogP contribution in [0.5, 0.6) is 11.5 Å². The van der Waals surface area contributed by atoms with E-state index < -0.39 is 5.97 Å². The van der Waals surface area contributed by atoms with E-state index in [1.807, 2.05) is 30.3 Å². The first-order valence-electron chi connectivity index (χ1n) is 8.94. The van der Waals surface area contributed by atoms with Crippen molar-refractivity contribution in [2.24, 2.45) is 0 Å². The third-order valence-electron chi connectivity index (χ3n) is 4.11. The van der Waals surface area contributed by atoms with Gasteiger partial charge in [0.05, 0.1) is 10.5 Å². The van der Waals surface area contributed by atoms with Crippen LogP contribution in [0.3, 0.4) is 0 Å². The molecule has 1 aromatic heterocycles. The van der Waals surface area contributed by atoms with Crippen LogP contribution in [0, 0.1) is 0 Å². The van der Waals surface area contributed by atoms with Crippen molar-refractivity contribution in [2.75, 3.05) is 11.9 Å². The van der Waals surface area contributed by atoms with Crippen molar-refractivity contribution in [3.8, 4) is 11.5 Å². The first kappa shape index (κ1) is 19.9. The second-order valence-corrected chi connectivity index (χ2v) is 7.07. The van der Waals surface area contributed by atoms with E-state index in [0.717, 1.165) is 10.9 Å². The van der Waals surface area contributed by atoms with Crippen molar-refractivity contribution < 1.29 is 14.3 Å². The topological polar surface area (TPSA) is 73.3 Å². The lowest BCUT2D eigenvalue weighted by atomic mass is 10.2. The summed E-state index contributed by atoms with van der Waals surface area (Å²) >= 11 is 11.9. The Morgan fingerprint density at radius 3 is 2.70 bits per heavy atom. The molecule has 0 saturated heterocycles. The zero-order valence-electron chi connectivity index (χ0n) is 15.5. The van der Waals surface area contributed by atoms with E-state index in [2.05, 4.69) is 15.3 Å². The van der Waals surface area contributed by atoms with E-state index in [4.69, 9.17) is 32.7 Å². The van der Waals surface area contributed by atoms with Crippen molar-refractivity contribution >= 4 is 51.6 Å². The normalized spacial score (nSPS) is 10.6. The molecule has 150 valence electrons. The fourth-order valence-electron chi connectivity index (χ4n) is 2.77. The number of benzene rings is 3. The minimum Gasteiger partial charge on any atom is -0.480 e. The summed E-state index contributed by atoms with van der Waals surface area (Å²) < 4.78 is 10.8. The van der Waals surface area contributed by atoms with Crippen LogP contribution in [0.1, 0.15) is 0 Å². The Kier molecular flexibility index (Phi) is 5.97. The van der Waals surface area contributed by atoms with E-state index in [-0.39, 0.29) is 6.61 Å². The summed E-state index contributed by atoms with van der Waals surface area (Å²) in [5.74, 6) is 0.814. The molecule has 0 atom stereocenters. The highest BCUT2D eigenvalue weighted by atomic mass is 35.5. The number of hydrogen-bond acceptors (Lipinski definition) is 6. The molecule has 6 nitrogen and oxygen atoms in total. The molecule has 1 N–H and O–H groups in total. The highest BCUT2D eigenvalue weighted by Gasteiger charge is 2.10. The number of para-hydroxylation sites is 1. The van der Waals surface area contributed by atoms with Crippen LogP contribution in [-0.4, -0.2) is 22.5 Å². The minimum absolute atomic E-state index is 0.296. The van der Waals surface area contributed by atoms with Crippen LogP contribution in [0.15, 0.2) is 73.1 Å². The van der Waals surface area contributed by atoms with E-state index in [0.29, 0.717) is 33.0 Å². The summed E-state index contributed by atoms with van der Waals surface area (Å²) in [6.07, 6.45) is 1.49. The molecule has 4 rings (SSSR count). The Morgan fingerprint density at radius 1 is 0.967 bits per heavy atom. The van der Waals surface area contributed by atoms with Crippen LogP contribution in [0.2, 0.25) is 10.0 Å². The van der Waals surface area contributed by atoms with Crippen LogP contribution in [0.4, 0.5) is 11.5 Å². The van der Waals surface area contributed by atoms with E-state index in [1.54, 1.807) is 30.3 Å². The number of nitrogens with one attached hydrogen (secondary N) is 1. The smallest absolute Gasteiger partial charge is 0.349 e. The summed E-state index contributed by atoms with van der Waals surface area (Å²) in [5.41, 5.74) is 1.54. The fourth-order valence-corrected chi connectivity index (χ4v) is 3.23. The van der Waals surface area contributed by atoms with Gasteiger partial charge in [-0.15, -0.1) is 0 Å². The van der Waals surface area contributed by atoms with Gasteiger partial charge in [0, 0.05) is 22.2 Å². The molecule has 0 aliphatic carbocycles. The maximum absolute atomic E-state index is 12.2. The Labute approximate surface area is 182 Å². The fraction of sp³-hybridized carbons (Fsp3) is 0.0455. The largest absolute Gasteiger partial charge is 0.480 e. The molecular weight excluding hydrogens is 425 g/mol. The maximum Gasteiger partial charge on any atom is 0.349 e. The van der Waals surface area contributed by atoms with Crippen LogP contribution in [-0.2, 0) is 4.79 Å². The van der Waals surface area contributed by atoms with Crippen molar-refractivity contribution in [1.29, 1.82) is 0 Å². The van der Waals surface area contributed by atoms with Crippen molar-refractivity contribution in [3.05, 3.63) is 83.1 Å². The van der Waals surface area contributed by atoms with Gasteiger partial charge in [0.2, 0.25) is 0 Å². The molecule has 0 aliphatic rings. The lowest BCUT2D eigenvalue weighted by Crippen LogP contribution is -2.17. The summed E-state index contributed by atoms with van der Waals surface area (Å²) in [4.78, 5) is 20.7. The van der Waals surface area contributed by atoms with Crippen molar-refractivity contribution in [2.45, 2.75) is 0 Å². The van der Waals surface area contributed by atoms with E-state index in [1.165, 1.54) is 12.4 Å². The summed E-state index contributed by atoms with van der Waals surface area (Å²) in [7, 11) is 0. The quantitative estimate of drug-likeness (QED) is 0.308. The third kappa shape index (κ3) is 4.79. The van der Waals surface area contributed by atoms with Crippen LogP contribution in [0.25, 0.3) is 10.9 Å². The van der Waals surface area contributed by atoms with Gasteiger partial charge in [0.15, 0.2) is 6.61 Å². The number of nitrogens with zero attached hydrogens (tertiary/aromatic N) is 2. The summed E-state index contributed by atoms with van der Waals surface area (Å²) in [6, 6.07) is 19.4. The summed E-state index contributed by atoms with van der Waals surface area (Å²) in [5, 5.41) is 4.91. The van der Waals surface area contributed by atoms with Gasteiger partial charge in [-0.3, -0.25) is 0 Å². The van der Waals surface area contributed by atoms with E-state index in [9.17, 15) is 4.79 Å². The lowest BCUT2D eigenvalue weighted by Gasteiger charge is -2.11. The Hall–Kier alpha value is -3.35. The van der Waals surface area contributed by atoms with Gasteiger partial charge in [0.25, 0.3) is 0 Å². The van der Waals surface area contributed by atoms with Gasteiger partial charge in [-0.25, -0.2) is 14.8 Å². The second kappa shape index (κ2) is 8.98. The number of fused-ring (bicyclic) bond motifs is 1. The van der Waals surface area contributed by atoms with Gasteiger partial charge < -0.3 is 14.8 Å². The first-order valence-corrected chi connectivity index (χ1v) is 9.69. The zero-order valence-corrected chi connectivity index (χ0v) is 17.0. The average molecular weight is 440 g/mol. The molecule has 0 saturated carbocycles. The highest BCUT2D eigenvalue weighted by Crippen LogP contribution is 2.28. The monoisotopic (exact) mass is 439 g/mol. The molecule has 0 radical (unpaired) electrons. The number of halogens is 2. The highest BCUT2D eigenvalue weighted by molar-refractivity contribution is 6.35. The van der Waals surface area contributed by atoms with Crippen molar-refractivity contribution in [1.82, 2.24) is 9.97 Å². The van der Waals surface area contributed by atoms with Crippen LogP contribution < -0.4 is 14.8 Å². The molecule has 0 unspecified atom stereocenters. The number of carbonyl (C=O) groups excluding carboxylic acids is 1. The van der Waals surface area contributed by atoms with Gasteiger partial charge in [-0.1, -0.05) is 41.4 Å². The Morgan fingerprint density at radius 2 is 1.83 bits per heavy atom. The van der Waals surface area contributed by atoms with Gasteiger partial charge in [-0.2, -0.15) is 0 Å². The Bertz CT molecular complexity index is 1210. The lowest BCUT2D eigenvalue weighted by molar-refractivity contribution is -0.136. The molecular formula is C22H15Cl2N3O3. The minimum atomic E-state index is -0.564. The Balaban J connectivity index is 1.42.